The molecule has 1 unspecified atom stereocenters. The molecule has 0 bridgehead atoms. The lowest BCUT2D eigenvalue weighted by atomic mass is 9.88. The summed E-state index contributed by atoms with van der Waals surface area (Å²) in [6, 6.07) is 8.95. The van der Waals surface area contributed by atoms with Gasteiger partial charge in [-0.25, -0.2) is 0 Å². The molecule has 0 aromatic heterocycles. The topological polar surface area (TPSA) is 70.2 Å². The third kappa shape index (κ3) is 3.59. The lowest BCUT2D eigenvalue weighted by molar-refractivity contribution is -0.384. The number of rotatable bonds is 4. The van der Waals surface area contributed by atoms with Crippen molar-refractivity contribution in [2.24, 2.45) is 5.92 Å². The molecule has 0 amide bonds. The van der Waals surface area contributed by atoms with Crippen LogP contribution in [-0.2, 0) is 6.42 Å². The monoisotopic (exact) mass is 287 g/mol. The molecule has 1 atom stereocenters. The van der Waals surface area contributed by atoms with Crippen LogP contribution in [0.3, 0.4) is 0 Å². The van der Waals surface area contributed by atoms with Gasteiger partial charge in [0.25, 0.3) is 5.69 Å². The first-order valence-electron chi connectivity index (χ1n) is 7.34. The molecule has 1 aromatic rings. The van der Waals surface area contributed by atoms with Crippen LogP contribution in [0.4, 0.5) is 5.69 Å². The molecule has 0 spiro atoms. The van der Waals surface area contributed by atoms with Crippen LogP contribution in [-0.4, -0.2) is 28.5 Å². The van der Waals surface area contributed by atoms with Crippen LogP contribution in [0.15, 0.2) is 24.3 Å². The Kier molecular flexibility index (Phi) is 4.59. The molecule has 1 aromatic carbocycles. The Labute approximate surface area is 125 Å². The standard InChI is InChI=1S/C16H21N3O2/c1-13-7-9-18(10-8-13)16(2,12-17)11-14-3-5-15(6-4-14)19(20)21/h3-6,13H,7-11H2,1-2H3. The summed E-state index contributed by atoms with van der Waals surface area (Å²) < 4.78 is 0. The van der Waals surface area contributed by atoms with Gasteiger partial charge in [-0.15, -0.1) is 0 Å². The van der Waals surface area contributed by atoms with E-state index in [2.05, 4.69) is 17.9 Å². The smallest absolute Gasteiger partial charge is 0.269 e. The van der Waals surface area contributed by atoms with Gasteiger partial charge < -0.3 is 0 Å². The maximum Gasteiger partial charge on any atom is 0.269 e. The number of nitrogens with zero attached hydrogens (tertiary/aromatic N) is 3. The number of hydrogen-bond acceptors (Lipinski definition) is 4. The average Bonchev–Trinajstić information content (AvgIpc) is 2.48. The minimum absolute atomic E-state index is 0.0872. The van der Waals surface area contributed by atoms with Gasteiger partial charge >= 0.3 is 0 Å². The minimum Gasteiger partial charge on any atom is -0.285 e. The van der Waals surface area contributed by atoms with E-state index in [0.717, 1.165) is 37.4 Å². The molecule has 0 aliphatic carbocycles. The third-order valence-corrected chi connectivity index (χ3v) is 4.42. The first-order valence-corrected chi connectivity index (χ1v) is 7.34. The van der Waals surface area contributed by atoms with E-state index in [1.54, 1.807) is 12.1 Å². The van der Waals surface area contributed by atoms with Gasteiger partial charge in [0.15, 0.2) is 0 Å². The normalized spacial score (nSPS) is 19.7. The van der Waals surface area contributed by atoms with Crippen molar-refractivity contribution in [2.45, 2.75) is 38.6 Å². The minimum atomic E-state index is -0.545. The summed E-state index contributed by atoms with van der Waals surface area (Å²) in [5, 5.41) is 20.3. The predicted octanol–water partition coefficient (Wildman–Crippen LogP) is 3.15. The highest BCUT2D eigenvalue weighted by molar-refractivity contribution is 5.34. The molecule has 0 saturated carbocycles. The molecule has 0 N–H and O–H groups in total. The fraction of sp³-hybridized carbons (Fsp3) is 0.562. The molecule has 21 heavy (non-hydrogen) atoms. The van der Waals surface area contributed by atoms with Gasteiger partial charge in [-0.05, 0) is 44.3 Å². The van der Waals surface area contributed by atoms with E-state index in [-0.39, 0.29) is 5.69 Å². The van der Waals surface area contributed by atoms with E-state index in [9.17, 15) is 15.4 Å². The molecular formula is C16H21N3O2. The lowest BCUT2D eigenvalue weighted by Crippen LogP contribution is -2.50. The Morgan fingerprint density at radius 2 is 1.95 bits per heavy atom. The van der Waals surface area contributed by atoms with Crippen molar-refractivity contribution >= 4 is 5.69 Å². The third-order valence-electron chi connectivity index (χ3n) is 4.42. The molecule has 1 aliphatic rings. The summed E-state index contributed by atoms with van der Waals surface area (Å²) in [4.78, 5) is 12.5. The summed E-state index contributed by atoms with van der Waals surface area (Å²) in [5.41, 5.74) is 0.503. The molecule has 1 saturated heterocycles. The second-order valence-electron chi connectivity index (χ2n) is 6.16. The highest BCUT2D eigenvalue weighted by Gasteiger charge is 2.34. The van der Waals surface area contributed by atoms with Crippen molar-refractivity contribution in [2.75, 3.05) is 13.1 Å². The SMILES string of the molecule is CC1CCN(C(C)(C#N)Cc2ccc([N+](=O)[O-])cc2)CC1. The number of nitriles is 1. The molecule has 0 radical (unpaired) electrons. The van der Waals surface area contributed by atoms with E-state index in [1.165, 1.54) is 12.1 Å². The first kappa shape index (κ1) is 15.5. The highest BCUT2D eigenvalue weighted by Crippen LogP contribution is 2.27. The fourth-order valence-corrected chi connectivity index (χ4v) is 2.86. The van der Waals surface area contributed by atoms with Crippen molar-refractivity contribution in [3.8, 4) is 6.07 Å². The highest BCUT2D eigenvalue weighted by atomic mass is 16.6. The van der Waals surface area contributed by atoms with Gasteiger partial charge in [0.05, 0.1) is 11.0 Å². The number of benzene rings is 1. The van der Waals surface area contributed by atoms with Crippen molar-refractivity contribution in [1.29, 1.82) is 5.26 Å². The van der Waals surface area contributed by atoms with Crippen LogP contribution < -0.4 is 0 Å². The zero-order valence-corrected chi connectivity index (χ0v) is 12.6. The number of nitro groups is 1. The fourth-order valence-electron chi connectivity index (χ4n) is 2.86. The number of hydrogen-bond donors (Lipinski definition) is 0. The van der Waals surface area contributed by atoms with Gasteiger partial charge in [0.2, 0.25) is 0 Å². The molecule has 2 rings (SSSR count). The Hall–Kier alpha value is -1.93. The molecule has 5 nitrogen and oxygen atoms in total. The van der Waals surface area contributed by atoms with Crippen molar-refractivity contribution < 1.29 is 4.92 Å². The second kappa shape index (κ2) is 6.23. The number of nitro benzene ring substituents is 1. The number of likely N-dealkylation sites (tertiary alicyclic amines) is 1. The summed E-state index contributed by atoms with van der Waals surface area (Å²) >= 11 is 0. The van der Waals surface area contributed by atoms with Crippen molar-refractivity contribution in [1.82, 2.24) is 4.90 Å². The van der Waals surface area contributed by atoms with E-state index in [4.69, 9.17) is 0 Å². The maximum atomic E-state index is 10.7. The van der Waals surface area contributed by atoms with Gasteiger partial charge in [-0.1, -0.05) is 19.1 Å². The van der Waals surface area contributed by atoms with Gasteiger partial charge in [0.1, 0.15) is 5.54 Å². The zero-order chi connectivity index (χ0) is 15.5. The molecule has 1 heterocycles. The number of piperidine rings is 1. The molecule has 112 valence electrons. The Morgan fingerprint density at radius 1 is 1.38 bits per heavy atom. The van der Waals surface area contributed by atoms with Crippen LogP contribution in [0.1, 0.15) is 32.3 Å². The van der Waals surface area contributed by atoms with E-state index >= 15 is 0 Å². The Bertz CT molecular complexity index is 542. The van der Waals surface area contributed by atoms with Crippen LogP contribution in [0.2, 0.25) is 0 Å². The van der Waals surface area contributed by atoms with Crippen LogP contribution >= 0.6 is 0 Å². The first-order chi connectivity index (χ1) is 9.94. The van der Waals surface area contributed by atoms with Gasteiger partial charge in [-0.3, -0.25) is 15.0 Å². The lowest BCUT2D eigenvalue weighted by Gasteiger charge is -2.40. The van der Waals surface area contributed by atoms with Gasteiger partial charge in [0, 0.05) is 18.6 Å². The molecule has 1 fully saturated rings. The molecule has 5 heteroatoms. The van der Waals surface area contributed by atoms with E-state index in [0.29, 0.717) is 6.42 Å². The van der Waals surface area contributed by atoms with Gasteiger partial charge in [-0.2, -0.15) is 5.26 Å². The van der Waals surface area contributed by atoms with Crippen LogP contribution in [0, 0.1) is 27.4 Å². The van der Waals surface area contributed by atoms with Crippen molar-refractivity contribution in [3.05, 3.63) is 39.9 Å². The van der Waals surface area contributed by atoms with E-state index in [1.807, 2.05) is 6.92 Å². The van der Waals surface area contributed by atoms with Crippen LogP contribution in [0.25, 0.3) is 0 Å². The number of non-ortho nitro benzene ring substituents is 1. The largest absolute Gasteiger partial charge is 0.285 e. The summed E-state index contributed by atoms with van der Waals surface area (Å²) in [6.07, 6.45) is 2.84. The summed E-state index contributed by atoms with van der Waals surface area (Å²) in [7, 11) is 0. The molecular weight excluding hydrogens is 266 g/mol. The van der Waals surface area contributed by atoms with E-state index < -0.39 is 10.5 Å². The molecule has 1 aliphatic heterocycles. The Morgan fingerprint density at radius 3 is 2.43 bits per heavy atom. The van der Waals surface area contributed by atoms with Crippen molar-refractivity contribution in [3.63, 3.8) is 0 Å². The quantitative estimate of drug-likeness (QED) is 0.630. The predicted molar refractivity (Wildman–Crippen MR) is 80.8 cm³/mol. The maximum absolute atomic E-state index is 10.7. The average molecular weight is 287 g/mol. The second-order valence-corrected chi connectivity index (χ2v) is 6.16. The summed E-state index contributed by atoms with van der Waals surface area (Å²) in [6.45, 7) is 6.10. The van der Waals surface area contributed by atoms with Crippen LogP contribution in [0.5, 0.6) is 0 Å². The Balaban J connectivity index is 2.10. The zero-order valence-electron chi connectivity index (χ0n) is 12.6. The summed E-state index contributed by atoms with van der Waals surface area (Å²) in [5.74, 6) is 0.726.